The Hall–Kier alpha value is -1.97. The third kappa shape index (κ3) is 4.04. The number of H-pyrrole nitrogens is 1. The summed E-state index contributed by atoms with van der Waals surface area (Å²) in [5, 5.41) is 22.4. The zero-order chi connectivity index (χ0) is 21.5. The molecule has 2 aliphatic heterocycles. The Morgan fingerprint density at radius 1 is 1.17 bits per heavy atom. The lowest BCUT2D eigenvalue weighted by Gasteiger charge is -2.36. The van der Waals surface area contributed by atoms with Crippen molar-refractivity contribution in [2.45, 2.75) is 50.7 Å². The Morgan fingerprint density at radius 2 is 1.79 bits per heavy atom. The maximum atomic E-state index is 12.5. The summed E-state index contributed by atoms with van der Waals surface area (Å²) in [6, 6.07) is -0.219. The molecule has 2 saturated heterocycles. The minimum absolute atomic E-state index is 0.0555. The molecule has 11 heteroatoms. The van der Waals surface area contributed by atoms with E-state index in [4.69, 9.17) is 23.2 Å². The first-order chi connectivity index (χ1) is 13.5. The average molecular weight is 447 g/mol. The summed E-state index contributed by atoms with van der Waals surface area (Å²) in [7, 11) is 0. The van der Waals surface area contributed by atoms with Crippen molar-refractivity contribution in [3.05, 3.63) is 21.4 Å². The van der Waals surface area contributed by atoms with Crippen molar-refractivity contribution in [2.75, 3.05) is 19.6 Å². The fraction of sp³-hybridized carbons (Fsp3) is 0.611. The Morgan fingerprint density at radius 3 is 2.24 bits per heavy atom. The van der Waals surface area contributed by atoms with Crippen molar-refractivity contribution in [3.63, 3.8) is 0 Å². The number of carbonyl (C=O) groups excluding carboxylic acids is 1. The highest BCUT2D eigenvalue weighted by molar-refractivity contribution is 6.44. The van der Waals surface area contributed by atoms with E-state index in [1.165, 1.54) is 6.92 Å². The Bertz CT molecular complexity index is 836. The maximum Gasteiger partial charge on any atom is 0.408 e. The maximum absolute atomic E-state index is 12.5. The Labute approximate surface area is 177 Å². The molecule has 3 heterocycles. The molecule has 4 N–H and O–H groups in total. The first-order valence-corrected chi connectivity index (χ1v) is 10.1. The van der Waals surface area contributed by atoms with Crippen LogP contribution in [0.15, 0.2) is 0 Å². The summed E-state index contributed by atoms with van der Waals surface area (Å²) in [5.41, 5.74) is -0.563. The van der Waals surface area contributed by atoms with Crippen molar-refractivity contribution < 1.29 is 24.6 Å². The SMILES string of the molecule is Cc1[nH]c(C(=O)NC2CCN(C3CN(C(=O)O)[C@](C)(C(=O)O)C3)CC2)c(Cl)c1Cl. The molecule has 0 bridgehead atoms. The molecule has 2 amide bonds. The Kier molecular flexibility index (Phi) is 6.03. The van der Waals surface area contributed by atoms with E-state index in [1.807, 2.05) is 0 Å². The molecule has 29 heavy (non-hydrogen) atoms. The molecular formula is C18H24Cl2N4O5. The van der Waals surface area contributed by atoms with Crippen molar-refractivity contribution in [1.82, 2.24) is 20.1 Å². The fourth-order valence-corrected chi connectivity index (χ4v) is 4.59. The normalized spacial score (nSPS) is 25.9. The molecule has 2 atom stereocenters. The van der Waals surface area contributed by atoms with E-state index < -0.39 is 17.6 Å². The van der Waals surface area contributed by atoms with Crippen LogP contribution < -0.4 is 5.32 Å². The van der Waals surface area contributed by atoms with Crippen molar-refractivity contribution in [1.29, 1.82) is 0 Å². The topological polar surface area (TPSA) is 126 Å². The van der Waals surface area contributed by atoms with Crippen LogP contribution in [0.4, 0.5) is 4.79 Å². The number of aryl methyl sites for hydroxylation is 1. The number of likely N-dealkylation sites (tertiary alicyclic amines) is 2. The van der Waals surface area contributed by atoms with Crippen molar-refractivity contribution >= 4 is 41.2 Å². The smallest absolute Gasteiger partial charge is 0.408 e. The first kappa shape index (κ1) is 21.7. The minimum Gasteiger partial charge on any atom is -0.480 e. The van der Waals surface area contributed by atoms with Crippen LogP contribution in [0.3, 0.4) is 0 Å². The quantitative estimate of drug-likeness (QED) is 0.562. The molecule has 2 aliphatic rings. The number of nitrogens with zero attached hydrogens (tertiary/aromatic N) is 2. The van der Waals surface area contributed by atoms with Crippen LogP contribution in [0, 0.1) is 6.92 Å². The third-order valence-electron chi connectivity index (χ3n) is 5.98. The van der Waals surface area contributed by atoms with E-state index in [-0.39, 0.29) is 41.7 Å². The largest absolute Gasteiger partial charge is 0.480 e. The van der Waals surface area contributed by atoms with E-state index in [0.717, 1.165) is 4.90 Å². The van der Waals surface area contributed by atoms with Gasteiger partial charge in [-0.3, -0.25) is 14.6 Å². The summed E-state index contributed by atoms with van der Waals surface area (Å²) in [5.74, 6) is -1.46. The van der Waals surface area contributed by atoms with Crippen molar-refractivity contribution in [3.8, 4) is 0 Å². The van der Waals surface area contributed by atoms with Gasteiger partial charge in [0.25, 0.3) is 5.91 Å². The molecule has 1 aromatic heterocycles. The lowest BCUT2D eigenvalue weighted by Crippen LogP contribution is -2.50. The van der Waals surface area contributed by atoms with Gasteiger partial charge in [-0.1, -0.05) is 23.2 Å². The van der Waals surface area contributed by atoms with Crippen LogP contribution in [0.2, 0.25) is 10.0 Å². The highest BCUT2D eigenvalue weighted by atomic mass is 35.5. The zero-order valence-electron chi connectivity index (χ0n) is 16.2. The van der Waals surface area contributed by atoms with Gasteiger partial charge in [0.1, 0.15) is 11.2 Å². The van der Waals surface area contributed by atoms with Crippen molar-refractivity contribution in [2.24, 2.45) is 0 Å². The highest BCUT2D eigenvalue weighted by Crippen LogP contribution is 2.34. The number of hydrogen-bond donors (Lipinski definition) is 4. The van der Waals surface area contributed by atoms with Crippen LogP contribution in [0.25, 0.3) is 0 Å². The molecule has 160 valence electrons. The molecule has 2 fully saturated rings. The van der Waals surface area contributed by atoms with Gasteiger partial charge in [-0.15, -0.1) is 0 Å². The summed E-state index contributed by atoms with van der Waals surface area (Å²) >= 11 is 12.1. The van der Waals surface area contributed by atoms with E-state index in [9.17, 15) is 24.6 Å². The molecule has 0 spiro atoms. The second-order valence-corrected chi connectivity index (χ2v) is 8.62. The molecule has 1 unspecified atom stereocenters. The number of amides is 2. The van der Waals surface area contributed by atoms with Crippen LogP contribution >= 0.6 is 23.2 Å². The van der Waals surface area contributed by atoms with Gasteiger partial charge in [0.05, 0.1) is 10.0 Å². The fourth-order valence-electron chi connectivity index (χ4n) is 4.18. The summed E-state index contributed by atoms with van der Waals surface area (Å²) in [6.45, 7) is 4.61. The predicted molar refractivity (Wildman–Crippen MR) is 107 cm³/mol. The monoisotopic (exact) mass is 446 g/mol. The number of carbonyl (C=O) groups is 3. The van der Waals surface area contributed by atoms with Gasteiger partial charge < -0.3 is 20.5 Å². The number of carboxylic acids is 1. The lowest BCUT2D eigenvalue weighted by atomic mass is 9.95. The van der Waals surface area contributed by atoms with E-state index in [2.05, 4.69) is 15.2 Å². The molecular weight excluding hydrogens is 423 g/mol. The van der Waals surface area contributed by atoms with Crippen LogP contribution in [-0.2, 0) is 4.79 Å². The van der Waals surface area contributed by atoms with Gasteiger partial charge in [0, 0.05) is 37.4 Å². The van der Waals surface area contributed by atoms with Crippen LogP contribution in [0.1, 0.15) is 42.4 Å². The van der Waals surface area contributed by atoms with Gasteiger partial charge in [-0.05, 0) is 33.1 Å². The predicted octanol–water partition coefficient (Wildman–Crippen LogP) is 2.42. The van der Waals surface area contributed by atoms with Gasteiger partial charge in [0.2, 0.25) is 0 Å². The summed E-state index contributed by atoms with van der Waals surface area (Å²) in [6.07, 6.45) is 0.354. The van der Waals surface area contributed by atoms with Crippen LogP contribution in [0.5, 0.6) is 0 Å². The number of aliphatic carboxylic acids is 1. The molecule has 1 aromatic rings. The Balaban J connectivity index is 1.58. The number of aromatic nitrogens is 1. The number of carboxylic acid groups (broad SMARTS) is 2. The third-order valence-corrected chi connectivity index (χ3v) is 6.92. The standard InChI is InChI=1S/C18H24Cl2N4O5/c1-9-12(19)13(20)14(21-9)15(25)22-10-3-5-23(6-4-10)11-7-18(2,16(26)27)24(8-11)17(28)29/h10-11,21H,3-8H2,1-2H3,(H,22,25)(H,26,27)(H,28,29)/t11?,18-/m0/s1. The number of halogens is 2. The first-order valence-electron chi connectivity index (χ1n) is 9.37. The number of rotatable bonds is 4. The molecule has 0 aromatic carbocycles. The molecule has 0 aliphatic carbocycles. The number of nitrogens with one attached hydrogen (secondary N) is 2. The lowest BCUT2D eigenvalue weighted by molar-refractivity contribution is -0.147. The number of hydrogen-bond acceptors (Lipinski definition) is 4. The van der Waals surface area contributed by atoms with Gasteiger partial charge in [0.15, 0.2) is 0 Å². The zero-order valence-corrected chi connectivity index (χ0v) is 17.7. The second kappa shape index (κ2) is 8.04. The van der Waals surface area contributed by atoms with Gasteiger partial charge >= 0.3 is 12.1 Å². The van der Waals surface area contributed by atoms with E-state index in [0.29, 0.717) is 36.6 Å². The van der Waals surface area contributed by atoms with Gasteiger partial charge in [-0.25, -0.2) is 9.59 Å². The number of aromatic amines is 1. The summed E-state index contributed by atoms with van der Waals surface area (Å²) in [4.78, 5) is 41.6. The highest BCUT2D eigenvalue weighted by Gasteiger charge is 2.52. The minimum atomic E-state index is -1.43. The van der Waals surface area contributed by atoms with Gasteiger partial charge in [-0.2, -0.15) is 0 Å². The molecule has 0 radical (unpaired) electrons. The molecule has 9 nitrogen and oxygen atoms in total. The summed E-state index contributed by atoms with van der Waals surface area (Å²) < 4.78 is 0. The van der Waals surface area contributed by atoms with E-state index >= 15 is 0 Å². The average Bonchev–Trinajstić information content (AvgIpc) is 3.16. The number of piperidine rings is 1. The second-order valence-electron chi connectivity index (χ2n) is 7.87. The van der Waals surface area contributed by atoms with Crippen LogP contribution in [-0.4, -0.2) is 80.2 Å². The molecule has 0 saturated carbocycles. The van der Waals surface area contributed by atoms with E-state index in [1.54, 1.807) is 6.92 Å². The molecule has 3 rings (SSSR count).